The number of nitrogens with zero attached hydrogens (tertiary/aromatic N) is 5. The van der Waals surface area contributed by atoms with Gasteiger partial charge in [-0.3, -0.25) is 4.57 Å². The minimum atomic E-state index is -0.530. The molecule has 9 nitrogen and oxygen atoms in total. The highest BCUT2D eigenvalue weighted by Gasteiger charge is 2.18. The summed E-state index contributed by atoms with van der Waals surface area (Å²) in [5, 5.41) is 21.7. The second-order valence-corrected chi connectivity index (χ2v) is 6.57. The largest absolute Gasteiger partial charge is 0.486 e. The maximum absolute atomic E-state index is 9.48. The number of aromatic nitrogens is 4. The molecule has 148 valence electrons. The van der Waals surface area contributed by atoms with Crippen molar-refractivity contribution in [3.05, 3.63) is 42.4 Å². The highest BCUT2D eigenvalue weighted by Crippen LogP contribution is 2.35. The summed E-state index contributed by atoms with van der Waals surface area (Å²) in [5.74, 6) is 2.94. The van der Waals surface area contributed by atoms with E-state index in [0.717, 1.165) is 5.56 Å². The number of aliphatic hydroxyl groups is 1. The van der Waals surface area contributed by atoms with Gasteiger partial charge in [0.05, 0.1) is 30.5 Å². The van der Waals surface area contributed by atoms with E-state index in [1.54, 1.807) is 25.4 Å². The first-order chi connectivity index (χ1) is 14.2. The zero-order valence-electron chi connectivity index (χ0n) is 15.9. The Morgan fingerprint density at radius 2 is 2.07 bits per heavy atom. The number of benzene rings is 1. The number of hydrogen-bond acceptors (Lipinski definition) is 8. The first kappa shape index (κ1) is 18.7. The molecule has 2 aromatic heterocycles. The van der Waals surface area contributed by atoms with Crippen molar-refractivity contribution < 1.29 is 14.6 Å². The van der Waals surface area contributed by atoms with Crippen molar-refractivity contribution in [1.29, 1.82) is 5.26 Å². The van der Waals surface area contributed by atoms with Crippen LogP contribution in [0.15, 0.2) is 36.7 Å². The Bertz CT molecular complexity index is 1060. The lowest BCUT2D eigenvalue weighted by Crippen LogP contribution is -2.17. The first-order valence-corrected chi connectivity index (χ1v) is 9.24. The van der Waals surface area contributed by atoms with E-state index in [-0.39, 0.29) is 6.42 Å². The number of rotatable bonds is 6. The topological polar surface area (TPSA) is 118 Å². The molecule has 9 heteroatoms. The fraction of sp³-hybridized carbons (Fsp3) is 0.300. The van der Waals surface area contributed by atoms with Crippen LogP contribution in [0.2, 0.25) is 0 Å². The third kappa shape index (κ3) is 3.97. The maximum Gasteiger partial charge on any atom is 0.224 e. The molecule has 0 amide bonds. The number of nitrogens with one attached hydrogen (secondary N) is 1. The number of fused-ring (bicyclic) bond motifs is 1. The van der Waals surface area contributed by atoms with Crippen molar-refractivity contribution in [2.45, 2.75) is 19.4 Å². The van der Waals surface area contributed by atoms with Crippen molar-refractivity contribution in [1.82, 2.24) is 19.5 Å². The van der Waals surface area contributed by atoms with Crippen molar-refractivity contribution >= 4 is 5.95 Å². The van der Waals surface area contributed by atoms with Gasteiger partial charge in [-0.2, -0.15) is 10.2 Å². The van der Waals surface area contributed by atoms with Gasteiger partial charge in [0.1, 0.15) is 24.9 Å². The summed E-state index contributed by atoms with van der Waals surface area (Å²) in [6.45, 7) is 3.02. The number of aliphatic hydroxyl groups excluding tert-OH is 1. The van der Waals surface area contributed by atoms with Crippen LogP contribution in [0, 0.1) is 11.3 Å². The molecule has 0 saturated heterocycles. The van der Waals surface area contributed by atoms with Gasteiger partial charge in [-0.1, -0.05) is 0 Å². The molecule has 3 aromatic rings. The minimum Gasteiger partial charge on any atom is -0.486 e. The van der Waals surface area contributed by atoms with Crippen LogP contribution in [0.3, 0.4) is 0 Å². The molecule has 0 fully saturated rings. The molecule has 0 saturated carbocycles. The highest BCUT2D eigenvalue weighted by atomic mass is 16.6. The van der Waals surface area contributed by atoms with Crippen molar-refractivity contribution in [2.24, 2.45) is 0 Å². The van der Waals surface area contributed by atoms with Gasteiger partial charge in [-0.25, -0.2) is 9.97 Å². The van der Waals surface area contributed by atoms with E-state index < -0.39 is 6.10 Å². The first-order valence-electron chi connectivity index (χ1n) is 9.24. The van der Waals surface area contributed by atoms with Gasteiger partial charge in [0.25, 0.3) is 0 Å². The van der Waals surface area contributed by atoms with Crippen LogP contribution in [0.5, 0.6) is 11.5 Å². The summed E-state index contributed by atoms with van der Waals surface area (Å²) in [7, 11) is 0. The van der Waals surface area contributed by atoms with E-state index in [4.69, 9.17) is 9.47 Å². The normalized spacial score (nSPS) is 13.6. The number of imidazole rings is 1. The van der Waals surface area contributed by atoms with Gasteiger partial charge in [-0.05, 0) is 31.2 Å². The summed E-state index contributed by atoms with van der Waals surface area (Å²) < 4.78 is 13.1. The van der Waals surface area contributed by atoms with Crippen LogP contribution in [-0.4, -0.2) is 50.5 Å². The van der Waals surface area contributed by atoms with E-state index in [1.165, 1.54) is 0 Å². The molecule has 2 N–H and O–H groups in total. The van der Waals surface area contributed by atoms with Gasteiger partial charge in [-0.15, -0.1) is 0 Å². The van der Waals surface area contributed by atoms with Gasteiger partial charge in [0.15, 0.2) is 11.5 Å². The summed E-state index contributed by atoms with van der Waals surface area (Å²) in [6.07, 6.45) is 2.94. The molecule has 1 aliphatic rings. The summed E-state index contributed by atoms with van der Waals surface area (Å²) in [6, 6.07) is 9.53. The van der Waals surface area contributed by atoms with Crippen LogP contribution in [0.25, 0.3) is 17.2 Å². The number of hydrogen-bond donors (Lipinski definition) is 2. The van der Waals surface area contributed by atoms with Gasteiger partial charge in [0, 0.05) is 18.3 Å². The van der Waals surface area contributed by atoms with Gasteiger partial charge < -0.3 is 19.9 Å². The maximum atomic E-state index is 9.48. The van der Waals surface area contributed by atoms with Crippen LogP contribution >= 0.6 is 0 Å². The molecule has 0 aliphatic carbocycles. The fourth-order valence-corrected chi connectivity index (χ4v) is 3.03. The number of nitriles is 1. The zero-order chi connectivity index (χ0) is 20.2. The van der Waals surface area contributed by atoms with Gasteiger partial charge in [0.2, 0.25) is 5.95 Å². The summed E-state index contributed by atoms with van der Waals surface area (Å²) >= 11 is 0. The second kappa shape index (κ2) is 8.16. The van der Waals surface area contributed by atoms with Crippen molar-refractivity contribution in [2.75, 3.05) is 25.1 Å². The lowest BCUT2D eigenvalue weighted by Gasteiger charge is -2.19. The summed E-state index contributed by atoms with van der Waals surface area (Å²) in [4.78, 5) is 13.2. The average molecular weight is 392 g/mol. The standard InChI is InChI=1S/C20H20N6O3/c1-13(27)11-24-20-22-7-5-18(25-20)26-15(4-6-21)12-23-19(26)14-2-3-16-17(10-14)29-9-8-28-16/h2-3,5,7,10,12-13,27H,4,8-9,11H2,1H3,(H,22,24,25)/t13-/m1/s1. The molecule has 0 bridgehead atoms. The van der Waals surface area contributed by atoms with Crippen LogP contribution in [-0.2, 0) is 6.42 Å². The van der Waals surface area contributed by atoms with E-state index in [2.05, 4.69) is 26.3 Å². The molecule has 29 heavy (non-hydrogen) atoms. The van der Waals surface area contributed by atoms with Crippen LogP contribution in [0.1, 0.15) is 12.6 Å². The summed E-state index contributed by atoms with van der Waals surface area (Å²) in [5.41, 5.74) is 1.52. The van der Waals surface area contributed by atoms with E-state index >= 15 is 0 Å². The molecular formula is C20H20N6O3. The molecule has 0 unspecified atom stereocenters. The minimum absolute atomic E-state index is 0.179. The van der Waals surface area contributed by atoms with Crippen molar-refractivity contribution in [3.63, 3.8) is 0 Å². The number of ether oxygens (including phenoxy) is 2. The fourth-order valence-electron chi connectivity index (χ4n) is 3.03. The quantitative estimate of drug-likeness (QED) is 0.654. The predicted octanol–water partition coefficient (Wildman–Crippen LogP) is 1.96. The zero-order valence-corrected chi connectivity index (χ0v) is 15.9. The Morgan fingerprint density at radius 1 is 1.24 bits per heavy atom. The lowest BCUT2D eigenvalue weighted by atomic mass is 10.1. The third-order valence-electron chi connectivity index (χ3n) is 4.32. The van der Waals surface area contributed by atoms with Crippen LogP contribution in [0.4, 0.5) is 5.95 Å². The monoisotopic (exact) mass is 392 g/mol. The van der Waals surface area contributed by atoms with E-state index in [9.17, 15) is 10.4 Å². The molecule has 1 atom stereocenters. The second-order valence-electron chi connectivity index (χ2n) is 6.57. The molecular weight excluding hydrogens is 372 g/mol. The Kier molecular flexibility index (Phi) is 5.27. The Morgan fingerprint density at radius 3 is 2.86 bits per heavy atom. The third-order valence-corrected chi connectivity index (χ3v) is 4.32. The highest BCUT2D eigenvalue weighted by molar-refractivity contribution is 5.64. The molecule has 1 aromatic carbocycles. The smallest absolute Gasteiger partial charge is 0.224 e. The molecule has 0 radical (unpaired) electrons. The molecule has 3 heterocycles. The average Bonchev–Trinajstić information content (AvgIpc) is 3.16. The van der Waals surface area contributed by atoms with Gasteiger partial charge >= 0.3 is 0 Å². The van der Waals surface area contributed by atoms with E-state index in [0.29, 0.717) is 54.5 Å². The predicted molar refractivity (Wildman–Crippen MR) is 105 cm³/mol. The van der Waals surface area contributed by atoms with Crippen LogP contribution < -0.4 is 14.8 Å². The Hall–Kier alpha value is -3.64. The van der Waals surface area contributed by atoms with E-state index in [1.807, 2.05) is 22.8 Å². The Labute approximate surface area is 167 Å². The number of anilines is 1. The molecule has 1 aliphatic heterocycles. The molecule has 4 rings (SSSR count). The van der Waals surface area contributed by atoms with Crippen molar-refractivity contribution in [3.8, 4) is 34.8 Å². The molecule has 0 spiro atoms. The Balaban J connectivity index is 1.76. The SMILES string of the molecule is C[C@@H](O)CNc1nccc(-n2c(CC#N)cnc2-c2ccc3c(c2)OCCO3)n1. The lowest BCUT2D eigenvalue weighted by molar-refractivity contribution is 0.171.